The summed E-state index contributed by atoms with van der Waals surface area (Å²) < 4.78 is 0. The maximum absolute atomic E-state index is 2.55. The van der Waals surface area contributed by atoms with Crippen molar-refractivity contribution >= 4 is 0 Å². The van der Waals surface area contributed by atoms with Gasteiger partial charge in [-0.3, -0.25) is 0 Å². The van der Waals surface area contributed by atoms with Gasteiger partial charge in [0, 0.05) is 5.41 Å². The Hall–Kier alpha value is -1.56. The normalized spacial score (nSPS) is 12.4. The highest BCUT2D eigenvalue weighted by Gasteiger charge is 2.35. The first-order chi connectivity index (χ1) is 31.6. The molecule has 370 valence electrons. The van der Waals surface area contributed by atoms with Gasteiger partial charge in [-0.05, 0) is 66.7 Å². The summed E-state index contributed by atoms with van der Waals surface area (Å²) in [5.41, 5.74) is 6.34. The maximum atomic E-state index is 2.55. The van der Waals surface area contributed by atoms with Crippen molar-refractivity contribution in [2.75, 3.05) is 0 Å². The molecule has 1 atom stereocenters. The van der Waals surface area contributed by atoms with E-state index in [0.29, 0.717) is 0 Å². The molecule has 0 N–H and O–H groups in total. The highest BCUT2D eigenvalue weighted by atomic mass is 14.4. The molecule has 0 saturated carbocycles. The van der Waals surface area contributed by atoms with Gasteiger partial charge in [-0.2, -0.15) is 0 Å². The highest BCUT2D eigenvalue weighted by Crippen LogP contribution is 2.44. The minimum absolute atomic E-state index is 0.112. The minimum atomic E-state index is 0.112. The van der Waals surface area contributed by atoms with Crippen molar-refractivity contribution < 1.29 is 0 Å². The molecule has 0 amide bonds. The van der Waals surface area contributed by atoms with E-state index in [1.54, 1.807) is 22.3 Å². The van der Waals surface area contributed by atoms with Crippen LogP contribution in [0.4, 0.5) is 0 Å². The molecule has 1 unspecified atom stereocenters. The summed E-state index contributed by atoms with van der Waals surface area (Å²) in [5, 5.41) is 0. The van der Waals surface area contributed by atoms with Crippen LogP contribution in [0.3, 0.4) is 0 Å². The average molecular weight is 884 g/mol. The van der Waals surface area contributed by atoms with E-state index in [1.165, 1.54) is 289 Å². The molecule has 0 bridgehead atoms. The Balaban J connectivity index is 1.73. The Morgan fingerprint density at radius 2 is 0.547 bits per heavy atom. The fourth-order valence-corrected chi connectivity index (χ4v) is 11.0. The van der Waals surface area contributed by atoms with Gasteiger partial charge in [-0.25, -0.2) is 0 Å². The number of aryl methyl sites for hydroxylation is 2. The highest BCUT2D eigenvalue weighted by molar-refractivity contribution is 5.42. The van der Waals surface area contributed by atoms with Gasteiger partial charge in [-0.1, -0.05) is 334 Å². The number of benzene rings is 2. The van der Waals surface area contributed by atoms with E-state index in [-0.39, 0.29) is 5.41 Å². The van der Waals surface area contributed by atoms with Crippen molar-refractivity contribution in [3.63, 3.8) is 0 Å². The number of hydrogen-bond donors (Lipinski definition) is 0. The van der Waals surface area contributed by atoms with Crippen LogP contribution in [0, 0.1) is 5.92 Å². The van der Waals surface area contributed by atoms with Crippen LogP contribution in [0.25, 0.3) is 0 Å². The van der Waals surface area contributed by atoms with Gasteiger partial charge in [0.25, 0.3) is 0 Å². The lowest BCUT2D eigenvalue weighted by Crippen LogP contribution is -2.30. The minimum Gasteiger partial charge on any atom is -0.0654 e. The summed E-state index contributed by atoms with van der Waals surface area (Å²) in [6, 6.07) is 20.2. The monoisotopic (exact) mass is 883 g/mol. The van der Waals surface area contributed by atoms with Crippen LogP contribution in [0.15, 0.2) is 48.5 Å². The summed E-state index contributed by atoms with van der Waals surface area (Å²) in [4.78, 5) is 0. The van der Waals surface area contributed by atoms with Gasteiger partial charge in [-0.15, -0.1) is 0 Å². The Labute approximate surface area is 403 Å². The Morgan fingerprint density at radius 1 is 0.297 bits per heavy atom. The van der Waals surface area contributed by atoms with Crippen LogP contribution in [-0.4, -0.2) is 0 Å². The fourth-order valence-electron chi connectivity index (χ4n) is 11.0. The number of hydrogen-bond acceptors (Lipinski definition) is 0. The van der Waals surface area contributed by atoms with Crippen molar-refractivity contribution in [1.29, 1.82) is 0 Å². The second-order valence-electron chi connectivity index (χ2n) is 21.6. The van der Waals surface area contributed by atoms with E-state index >= 15 is 0 Å². The summed E-state index contributed by atoms with van der Waals surface area (Å²) in [6.45, 7) is 11.9. The van der Waals surface area contributed by atoms with Crippen LogP contribution in [0.2, 0.25) is 0 Å². The Bertz CT molecular complexity index is 1140. The fraction of sp³-hybridized carbons (Fsp3) is 0.812. The number of rotatable bonds is 48. The van der Waals surface area contributed by atoms with E-state index in [9.17, 15) is 0 Å². The quantitative estimate of drug-likeness (QED) is 0.0581. The first-order valence-corrected chi connectivity index (χ1v) is 29.8. The van der Waals surface area contributed by atoms with E-state index in [1.807, 2.05) is 0 Å². The zero-order chi connectivity index (χ0) is 45.9. The summed E-state index contributed by atoms with van der Waals surface area (Å²) >= 11 is 0. The molecule has 0 heterocycles. The molecular formula is C64H114. The SMILES string of the molecule is CCCCCCCCCCCCCCCCCCCCc1ccc(C(CCCC)(CC(C)CCCC)c2ccc(CCCCCCCCCCCCCCCCCCCC)cc2)cc1. The van der Waals surface area contributed by atoms with E-state index in [0.717, 1.165) is 5.92 Å². The van der Waals surface area contributed by atoms with Crippen molar-refractivity contribution in [3.05, 3.63) is 70.8 Å². The third-order valence-electron chi connectivity index (χ3n) is 15.4. The third-order valence-corrected chi connectivity index (χ3v) is 15.4. The van der Waals surface area contributed by atoms with Gasteiger partial charge < -0.3 is 0 Å². The van der Waals surface area contributed by atoms with Crippen LogP contribution in [0.1, 0.15) is 333 Å². The molecule has 64 heavy (non-hydrogen) atoms. The van der Waals surface area contributed by atoms with E-state index in [2.05, 4.69) is 83.1 Å². The Morgan fingerprint density at radius 3 is 0.812 bits per heavy atom. The smallest absolute Gasteiger partial charge is 0.0205 e. The zero-order valence-corrected chi connectivity index (χ0v) is 44.5. The summed E-state index contributed by atoms with van der Waals surface area (Å²) in [6.07, 6.45) is 63.5. The second-order valence-corrected chi connectivity index (χ2v) is 21.6. The Kier molecular flexibility index (Phi) is 39.1. The van der Waals surface area contributed by atoms with Crippen molar-refractivity contribution in [2.24, 2.45) is 5.92 Å². The standard InChI is InChI=1S/C64H114/c1-6-10-14-16-18-20-22-24-26-28-30-32-34-36-38-40-42-44-47-60-49-53-62(54-50-60)64(57-13-9-4,58-59(5)46-12-8-3)63-55-51-61(52-56-63)48-45-43-41-39-37-35-33-31-29-27-25-23-21-19-17-15-11-7-2/h49-56,59H,6-48,57-58H2,1-5H3. The molecule has 2 aromatic rings. The first-order valence-electron chi connectivity index (χ1n) is 29.8. The van der Waals surface area contributed by atoms with Crippen molar-refractivity contribution in [2.45, 2.75) is 329 Å². The van der Waals surface area contributed by atoms with Gasteiger partial charge in [0.2, 0.25) is 0 Å². The molecule has 0 fully saturated rings. The van der Waals surface area contributed by atoms with Crippen molar-refractivity contribution in [1.82, 2.24) is 0 Å². The average Bonchev–Trinajstić information content (AvgIpc) is 3.31. The largest absolute Gasteiger partial charge is 0.0654 e. The first kappa shape index (κ1) is 58.6. The molecule has 0 nitrogen and oxygen atoms in total. The van der Waals surface area contributed by atoms with Crippen LogP contribution >= 0.6 is 0 Å². The molecular weight excluding hydrogens is 769 g/mol. The molecule has 0 spiro atoms. The molecule has 0 aliphatic heterocycles. The predicted molar refractivity (Wildman–Crippen MR) is 291 cm³/mol. The van der Waals surface area contributed by atoms with Crippen molar-refractivity contribution in [3.8, 4) is 0 Å². The topological polar surface area (TPSA) is 0 Å². The van der Waals surface area contributed by atoms with Gasteiger partial charge in [0.1, 0.15) is 0 Å². The molecule has 2 rings (SSSR count). The third kappa shape index (κ3) is 29.9. The molecule has 2 aromatic carbocycles. The molecule has 0 saturated heterocycles. The lowest BCUT2D eigenvalue weighted by molar-refractivity contribution is 0.331. The molecule has 0 radical (unpaired) electrons. The van der Waals surface area contributed by atoms with Crippen LogP contribution < -0.4 is 0 Å². The number of unbranched alkanes of at least 4 members (excludes halogenated alkanes) is 36. The van der Waals surface area contributed by atoms with Crippen LogP contribution in [0.5, 0.6) is 0 Å². The summed E-state index contributed by atoms with van der Waals surface area (Å²) in [7, 11) is 0. The molecule has 0 heteroatoms. The van der Waals surface area contributed by atoms with E-state index in [4.69, 9.17) is 0 Å². The van der Waals surface area contributed by atoms with Gasteiger partial charge >= 0.3 is 0 Å². The van der Waals surface area contributed by atoms with Gasteiger partial charge in [0.05, 0.1) is 0 Å². The lowest BCUT2D eigenvalue weighted by Gasteiger charge is -2.38. The molecule has 0 aromatic heterocycles. The second kappa shape index (κ2) is 42.8. The lowest BCUT2D eigenvalue weighted by atomic mass is 9.65. The summed E-state index contributed by atoms with van der Waals surface area (Å²) in [5.74, 6) is 0.732. The molecule has 0 aliphatic carbocycles. The molecule has 0 aliphatic rings. The predicted octanol–water partition coefficient (Wildman–Crippen LogP) is 22.5. The zero-order valence-electron chi connectivity index (χ0n) is 44.5. The van der Waals surface area contributed by atoms with Crippen LogP contribution in [-0.2, 0) is 18.3 Å². The van der Waals surface area contributed by atoms with E-state index < -0.39 is 0 Å². The maximum Gasteiger partial charge on any atom is 0.0205 e. The van der Waals surface area contributed by atoms with Gasteiger partial charge in [0.15, 0.2) is 0 Å².